The van der Waals surface area contributed by atoms with Crippen molar-refractivity contribution in [2.45, 2.75) is 38.0 Å². The Morgan fingerprint density at radius 3 is 2.50 bits per heavy atom. The number of ketones is 1. The summed E-state index contributed by atoms with van der Waals surface area (Å²) in [6, 6.07) is 2.27. The van der Waals surface area contributed by atoms with Gasteiger partial charge in [0.25, 0.3) is 0 Å². The lowest BCUT2D eigenvalue weighted by molar-refractivity contribution is 0.101. The summed E-state index contributed by atoms with van der Waals surface area (Å²) in [5.74, 6) is -1.31. The number of rotatable bonds is 7. The fourth-order valence-corrected chi connectivity index (χ4v) is 2.39. The summed E-state index contributed by atoms with van der Waals surface area (Å²) in [5.41, 5.74) is 0.0891. The van der Waals surface area contributed by atoms with Crippen molar-refractivity contribution in [1.82, 2.24) is 0 Å². The van der Waals surface area contributed by atoms with E-state index in [1.807, 2.05) is 6.92 Å². The molecule has 0 unspecified atom stereocenters. The van der Waals surface area contributed by atoms with Crippen molar-refractivity contribution in [2.75, 3.05) is 11.9 Å². The summed E-state index contributed by atoms with van der Waals surface area (Å²) < 4.78 is 36.8. The lowest BCUT2D eigenvalue weighted by Gasteiger charge is -2.11. The summed E-state index contributed by atoms with van der Waals surface area (Å²) in [4.78, 5) is 10.7. The van der Waals surface area contributed by atoms with Gasteiger partial charge in [0.05, 0.1) is 5.69 Å². The lowest BCUT2D eigenvalue weighted by atomic mass is 10.1. The van der Waals surface area contributed by atoms with Crippen molar-refractivity contribution in [3.8, 4) is 0 Å². The maximum atomic E-state index is 14.1. The third-order valence-corrected chi connectivity index (χ3v) is 3.76. The molecule has 7 heteroatoms. The molecule has 0 aliphatic rings. The fourth-order valence-electron chi connectivity index (χ4n) is 1.73. The first-order chi connectivity index (χ1) is 9.27. The SMILES string of the molecule is CCCCCNc1cc(C(C)=O)cc(S(N)(=O)=O)c1F. The first kappa shape index (κ1) is 16.6. The monoisotopic (exact) mass is 302 g/mol. The predicted octanol–water partition coefficient (Wildman–Crippen LogP) is 2.28. The number of primary sulfonamides is 1. The maximum absolute atomic E-state index is 14.1. The van der Waals surface area contributed by atoms with Crippen LogP contribution in [0, 0.1) is 5.82 Å². The molecule has 0 fully saturated rings. The van der Waals surface area contributed by atoms with Crippen molar-refractivity contribution in [2.24, 2.45) is 5.14 Å². The second-order valence-corrected chi connectivity index (χ2v) is 6.10. The van der Waals surface area contributed by atoms with E-state index in [1.54, 1.807) is 0 Å². The van der Waals surface area contributed by atoms with Gasteiger partial charge >= 0.3 is 0 Å². The number of halogens is 1. The maximum Gasteiger partial charge on any atom is 0.241 e. The normalized spacial score (nSPS) is 11.4. The highest BCUT2D eigenvalue weighted by Crippen LogP contribution is 2.24. The molecule has 0 radical (unpaired) electrons. The number of nitrogens with two attached hydrogens (primary N) is 1. The van der Waals surface area contributed by atoms with Crippen LogP contribution < -0.4 is 10.5 Å². The van der Waals surface area contributed by atoms with Gasteiger partial charge in [-0.2, -0.15) is 0 Å². The van der Waals surface area contributed by atoms with Gasteiger partial charge in [-0.25, -0.2) is 17.9 Å². The third-order valence-electron chi connectivity index (χ3n) is 2.85. The molecule has 0 spiro atoms. The Labute approximate surface area is 118 Å². The highest BCUT2D eigenvalue weighted by molar-refractivity contribution is 7.89. The van der Waals surface area contributed by atoms with E-state index < -0.39 is 20.7 Å². The molecule has 0 aliphatic heterocycles. The molecule has 0 atom stereocenters. The van der Waals surface area contributed by atoms with Crippen molar-refractivity contribution in [3.05, 3.63) is 23.5 Å². The molecule has 1 rings (SSSR count). The van der Waals surface area contributed by atoms with Gasteiger partial charge in [0.1, 0.15) is 4.90 Å². The molecule has 0 amide bonds. The van der Waals surface area contributed by atoms with Crippen molar-refractivity contribution in [3.63, 3.8) is 0 Å². The minimum absolute atomic E-state index is 0.0159. The molecule has 0 saturated heterocycles. The van der Waals surface area contributed by atoms with Gasteiger partial charge in [-0.15, -0.1) is 0 Å². The largest absolute Gasteiger partial charge is 0.383 e. The van der Waals surface area contributed by atoms with Crippen LogP contribution in [0.25, 0.3) is 0 Å². The van der Waals surface area contributed by atoms with Gasteiger partial charge in [-0.1, -0.05) is 19.8 Å². The second-order valence-electron chi connectivity index (χ2n) is 4.57. The smallest absolute Gasteiger partial charge is 0.241 e. The third kappa shape index (κ3) is 4.28. The van der Waals surface area contributed by atoms with Gasteiger partial charge in [0.2, 0.25) is 10.0 Å². The molecule has 0 aromatic heterocycles. The average Bonchev–Trinajstić information content (AvgIpc) is 2.34. The Morgan fingerprint density at radius 1 is 1.35 bits per heavy atom. The van der Waals surface area contributed by atoms with Crippen LogP contribution >= 0.6 is 0 Å². The van der Waals surface area contributed by atoms with Gasteiger partial charge in [-0.3, -0.25) is 4.79 Å². The Kier molecular flexibility index (Phi) is 5.64. The van der Waals surface area contributed by atoms with Crippen LogP contribution in [0.2, 0.25) is 0 Å². The van der Waals surface area contributed by atoms with Crippen molar-refractivity contribution < 1.29 is 17.6 Å². The highest BCUT2D eigenvalue weighted by Gasteiger charge is 2.20. The molecular weight excluding hydrogens is 283 g/mol. The standard InChI is InChI=1S/C13H19FN2O3S/c1-3-4-5-6-16-11-7-10(9(2)17)8-12(13(11)14)20(15,18)19/h7-8,16H,3-6H2,1-2H3,(H2,15,18,19). The predicted molar refractivity (Wildman–Crippen MR) is 75.8 cm³/mol. The van der Waals surface area contributed by atoms with Gasteiger partial charge in [-0.05, 0) is 25.5 Å². The zero-order chi connectivity index (χ0) is 15.3. The average molecular weight is 302 g/mol. The van der Waals surface area contributed by atoms with Crippen LogP contribution in [0.3, 0.4) is 0 Å². The Morgan fingerprint density at radius 2 is 2.00 bits per heavy atom. The quantitative estimate of drug-likeness (QED) is 0.597. The molecule has 1 aromatic carbocycles. The minimum atomic E-state index is -4.21. The van der Waals surface area contributed by atoms with Crippen LogP contribution in [0.15, 0.2) is 17.0 Å². The zero-order valence-electron chi connectivity index (χ0n) is 11.6. The number of unbranched alkanes of at least 4 members (excludes halogenated alkanes) is 2. The summed E-state index contributed by atoms with van der Waals surface area (Å²) in [6.45, 7) is 3.81. The molecular formula is C13H19FN2O3S. The molecule has 3 N–H and O–H groups in total. The van der Waals surface area contributed by atoms with Crippen LogP contribution in [0.4, 0.5) is 10.1 Å². The lowest BCUT2D eigenvalue weighted by Crippen LogP contribution is -2.17. The first-order valence-corrected chi connectivity index (χ1v) is 7.93. The Bertz CT molecular complexity index is 600. The number of hydrogen-bond acceptors (Lipinski definition) is 4. The number of hydrogen-bond donors (Lipinski definition) is 2. The number of sulfonamides is 1. The van der Waals surface area contributed by atoms with E-state index in [-0.39, 0.29) is 17.0 Å². The minimum Gasteiger partial charge on any atom is -0.383 e. The van der Waals surface area contributed by atoms with Crippen molar-refractivity contribution >= 4 is 21.5 Å². The summed E-state index contributed by atoms with van der Waals surface area (Å²) in [5, 5.41) is 7.77. The van der Waals surface area contributed by atoms with E-state index >= 15 is 0 Å². The molecule has 0 heterocycles. The molecule has 1 aromatic rings. The van der Waals surface area contributed by atoms with E-state index in [2.05, 4.69) is 5.32 Å². The van der Waals surface area contributed by atoms with Crippen LogP contribution in [-0.4, -0.2) is 20.7 Å². The van der Waals surface area contributed by atoms with Gasteiger partial charge in [0.15, 0.2) is 11.6 Å². The number of benzene rings is 1. The van der Waals surface area contributed by atoms with Gasteiger partial charge < -0.3 is 5.32 Å². The molecule has 0 aliphatic carbocycles. The van der Waals surface area contributed by atoms with E-state index in [9.17, 15) is 17.6 Å². The van der Waals surface area contributed by atoms with E-state index in [4.69, 9.17) is 5.14 Å². The topological polar surface area (TPSA) is 89.3 Å². The first-order valence-electron chi connectivity index (χ1n) is 6.38. The van der Waals surface area contributed by atoms with Gasteiger partial charge in [0, 0.05) is 12.1 Å². The number of anilines is 1. The van der Waals surface area contributed by atoms with Crippen LogP contribution in [-0.2, 0) is 10.0 Å². The van der Waals surface area contributed by atoms with Crippen LogP contribution in [0.5, 0.6) is 0 Å². The Balaban J connectivity index is 3.15. The van der Waals surface area contributed by atoms with Crippen LogP contribution in [0.1, 0.15) is 43.5 Å². The number of carbonyl (C=O) groups is 1. The second kappa shape index (κ2) is 6.81. The highest BCUT2D eigenvalue weighted by atomic mass is 32.2. The van der Waals surface area contributed by atoms with E-state index in [0.29, 0.717) is 6.54 Å². The molecule has 0 saturated carbocycles. The van der Waals surface area contributed by atoms with E-state index in [1.165, 1.54) is 13.0 Å². The molecule has 20 heavy (non-hydrogen) atoms. The number of carbonyl (C=O) groups excluding carboxylic acids is 1. The molecule has 112 valence electrons. The van der Waals surface area contributed by atoms with Crippen molar-refractivity contribution in [1.29, 1.82) is 0 Å². The number of Topliss-reactive ketones (excluding diaryl/α,β-unsaturated/α-hetero) is 1. The molecule has 0 bridgehead atoms. The number of nitrogens with one attached hydrogen (secondary N) is 1. The van der Waals surface area contributed by atoms with E-state index in [0.717, 1.165) is 25.3 Å². The Hall–Kier alpha value is -1.47. The summed E-state index contributed by atoms with van der Waals surface area (Å²) in [7, 11) is -4.21. The molecule has 5 nitrogen and oxygen atoms in total. The summed E-state index contributed by atoms with van der Waals surface area (Å²) in [6.07, 6.45) is 2.81. The summed E-state index contributed by atoms with van der Waals surface area (Å²) >= 11 is 0. The zero-order valence-corrected chi connectivity index (χ0v) is 12.4. The fraction of sp³-hybridized carbons (Fsp3) is 0.462.